The minimum absolute atomic E-state index is 0.0706. The number of hydrogen-bond acceptors (Lipinski definition) is 4. The molecule has 0 unspecified atom stereocenters. The molecule has 0 atom stereocenters. The molecule has 1 aromatic heterocycles. The monoisotopic (exact) mass is 233 g/mol. The molecule has 0 fully saturated rings. The van der Waals surface area contributed by atoms with Crippen LogP contribution in [0.1, 0.15) is 18.1 Å². The number of aromatic amines is 1. The average Bonchev–Trinajstić information content (AvgIpc) is 2.00. The molecule has 7 heteroatoms. The largest absolute Gasteiger partial charge is 0.494 e. The van der Waals surface area contributed by atoms with Crippen molar-refractivity contribution in [3.63, 3.8) is 0 Å². The molecule has 0 aromatic carbocycles. The van der Waals surface area contributed by atoms with Gasteiger partial charge in [0.05, 0.1) is 0 Å². The van der Waals surface area contributed by atoms with Gasteiger partial charge >= 0.3 is 0 Å². The number of pyridine rings is 1. The number of aromatic nitrogens is 1. The Morgan fingerprint density at radius 3 is 2.33 bits per heavy atom. The second-order valence-corrected chi connectivity index (χ2v) is 4.42. The van der Waals surface area contributed by atoms with Crippen molar-refractivity contribution in [2.24, 2.45) is 0 Å². The molecule has 0 amide bonds. The molecule has 0 spiro atoms. The Balaban J connectivity index is 3.77. The molecule has 1 aromatic rings. The maximum absolute atomic E-state index is 11.2. The smallest absolute Gasteiger partial charge is 0.300 e. The molecule has 6 nitrogen and oxygen atoms in total. The molecule has 0 aliphatic carbocycles. The highest BCUT2D eigenvalue weighted by atomic mass is 32.2. The molecule has 0 saturated carbocycles. The Kier molecular flexibility index (Phi) is 2.87. The van der Waals surface area contributed by atoms with Gasteiger partial charge < -0.3 is 5.11 Å². The van der Waals surface area contributed by atoms with Gasteiger partial charge in [-0.1, -0.05) is 6.92 Å². The van der Waals surface area contributed by atoms with Crippen molar-refractivity contribution in [3.8, 4) is 5.88 Å². The maximum atomic E-state index is 11.2. The molecular weight excluding hydrogens is 222 g/mol. The molecule has 3 N–H and O–H groups in total. The predicted molar refractivity (Wildman–Crippen MR) is 52.7 cm³/mol. The lowest BCUT2D eigenvalue weighted by Gasteiger charge is -2.08. The van der Waals surface area contributed by atoms with Crippen LogP contribution < -0.4 is 5.56 Å². The van der Waals surface area contributed by atoms with Crippen LogP contribution >= 0.6 is 0 Å². The molecule has 1 heterocycles. The third-order valence-electron chi connectivity index (χ3n) is 2.13. The predicted octanol–water partition coefficient (Wildman–Crippen LogP) is 0.198. The lowest BCUT2D eigenvalue weighted by molar-refractivity contribution is 0.440. The SMILES string of the molecule is CCc1c(O)[nH]c(=O)c(S(=O)(=O)O)c1C. The van der Waals surface area contributed by atoms with Crippen LogP contribution in [0.5, 0.6) is 5.88 Å². The highest BCUT2D eigenvalue weighted by Gasteiger charge is 2.22. The van der Waals surface area contributed by atoms with Crippen LogP contribution in [0, 0.1) is 6.92 Å². The van der Waals surface area contributed by atoms with Gasteiger partial charge in [0.1, 0.15) is 0 Å². The molecule has 0 saturated heterocycles. The molecule has 0 bridgehead atoms. The first kappa shape index (κ1) is 11.7. The van der Waals surface area contributed by atoms with Crippen molar-refractivity contribution in [1.82, 2.24) is 4.98 Å². The minimum atomic E-state index is -4.57. The van der Waals surface area contributed by atoms with Gasteiger partial charge in [0.15, 0.2) is 10.8 Å². The average molecular weight is 233 g/mol. The summed E-state index contributed by atoms with van der Waals surface area (Å²) in [5, 5.41) is 9.33. The van der Waals surface area contributed by atoms with Crippen LogP contribution in [0.2, 0.25) is 0 Å². The molecular formula is C8H11NO5S. The number of H-pyrrole nitrogens is 1. The third kappa shape index (κ3) is 2.02. The van der Waals surface area contributed by atoms with Gasteiger partial charge in [-0.15, -0.1) is 0 Å². The van der Waals surface area contributed by atoms with Gasteiger partial charge in [-0.2, -0.15) is 8.42 Å². The fourth-order valence-corrected chi connectivity index (χ4v) is 2.26. The fourth-order valence-electron chi connectivity index (χ4n) is 1.47. The van der Waals surface area contributed by atoms with Crippen LogP contribution in [0.3, 0.4) is 0 Å². The summed E-state index contributed by atoms with van der Waals surface area (Å²) in [6.45, 7) is 3.05. The van der Waals surface area contributed by atoms with Crippen molar-refractivity contribution in [2.75, 3.05) is 0 Å². The number of nitrogens with one attached hydrogen (secondary N) is 1. The van der Waals surface area contributed by atoms with Crippen LogP contribution in [-0.2, 0) is 16.5 Å². The number of rotatable bonds is 2. The number of hydrogen-bond donors (Lipinski definition) is 3. The van der Waals surface area contributed by atoms with Crippen LogP contribution in [0.15, 0.2) is 9.69 Å². The van der Waals surface area contributed by atoms with Crippen LogP contribution in [0.4, 0.5) is 0 Å². The summed E-state index contributed by atoms with van der Waals surface area (Å²) in [7, 11) is -4.57. The summed E-state index contributed by atoms with van der Waals surface area (Å²) >= 11 is 0. The summed E-state index contributed by atoms with van der Waals surface area (Å²) in [4.78, 5) is 12.5. The van der Waals surface area contributed by atoms with E-state index in [1.807, 2.05) is 4.98 Å². The second-order valence-electron chi connectivity index (χ2n) is 3.06. The van der Waals surface area contributed by atoms with Gasteiger partial charge in [0.25, 0.3) is 15.7 Å². The first-order valence-electron chi connectivity index (χ1n) is 4.21. The fraction of sp³-hybridized carbons (Fsp3) is 0.375. The van der Waals surface area contributed by atoms with E-state index in [0.29, 0.717) is 12.0 Å². The Bertz CT molecular complexity index is 543. The van der Waals surface area contributed by atoms with E-state index in [1.54, 1.807) is 6.92 Å². The third-order valence-corrected chi connectivity index (χ3v) is 3.14. The molecule has 0 aliphatic heterocycles. The van der Waals surface area contributed by atoms with E-state index in [2.05, 4.69) is 0 Å². The van der Waals surface area contributed by atoms with Crippen molar-refractivity contribution < 1.29 is 18.1 Å². The lowest BCUT2D eigenvalue weighted by Crippen LogP contribution is -2.20. The van der Waals surface area contributed by atoms with E-state index in [9.17, 15) is 18.3 Å². The normalized spacial score (nSPS) is 11.7. The van der Waals surface area contributed by atoms with E-state index in [0.717, 1.165) is 0 Å². The Morgan fingerprint density at radius 1 is 1.40 bits per heavy atom. The molecule has 0 radical (unpaired) electrons. The molecule has 1 rings (SSSR count). The molecule has 84 valence electrons. The zero-order valence-corrected chi connectivity index (χ0v) is 9.05. The minimum Gasteiger partial charge on any atom is -0.494 e. The van der Waals surface area contributed by atoms with Gasteiger partial charge in [-0.05, 0) is 18.9 Å². The Labute approximate surface area is 86.3 Å². The van der Waals surface area contributed by atoms with Crippen LogP contribution in [-0.4, -0.2) is 23.1 Å². The molecule has 0 aliphatic rings. The summed E-state index contributed by atoms with van der Waals surface area (Å²) in [6.07, 6.45) is 0.344. The van der Waals surface area contributed by atoms with E-state index in [1.165, 1.54) is 6.92 Å². The highest BCUT2D eigenvalue weighted by molar-refractivity contribution is 7.85. The Hall–Kier alpha value is -1.34. The second kappa shape index (κ2) is 3.67. The summed E-state index contributed by atoms with van der Waals surface area (Å²) in [6, 6.07) is 0. The topological polar surface area (TPSA) is 107 Å². The number of aromatic hydroxyl groups is 1. The van der Waals surface area contributed by atoms with Crippen molar-refractivity contribution in [3.05, 3.63) is 21.5 Å². The quantitative estimate of drug-likeness (QED) is 0.632. The van der Waals surface area contributed by atoms with Crippen molar-refractivity contribution in [1.29, 1.82) is 0 Å². The van der Waals surface area contributed by atoms with Crippen molar-refractivity contribution in [2.45, 2.75) is 25.2 Å². The first-order chi connectivity index (χ1) is 6.79. The molecule has 15 heavy (non-hydrogen) atoms. The van der Waals surface area contributed by atoms with Gasteiger partial charge in [-0.3, -0.25) is 14.3 Å². The van der Waals surface area contributed by atoms with Gasteiger partial charge in [-0.25, -0.2) is 0 Å². The zero-order valence-electron chi connectivity index (χ0n) is 8.23. The van der Waals surface area contributed by atoms with Gasteiger partial charge in [0, 0.05) is 5.56 Å². The van der Waals surface area contributed by atoms with E-state index in [4.69, 9.17) is 4.55 Å². The summed E-state index contributed by atoms with van der Waals surface area (Å²) in [5.74, 6) is -0.368. The van der Waals surface area contributed by atoms with E-state index >= 15 is 0 Å². The highest BCUT2D eigenvalue weighted by Crippen LogP contribution is 2.21. The van der Waals surface area contributed by atoms with Crippen LogP contribution in [0.25, 0.3) is 0 Å². The first-order valence-corrected chi connectivity index (χ1v) is 5.65. The van der Waals surface area contributed by atoms with Crippen molar-refractivity contribution >= 4 is 10.1 Å². The van der Waals surface area contributed by atoms with Gasteiger partial charge in [0.2, 0.25) is 0 Å². The lowest BCUT2D eigenvalue weighted by atomic mass is 10.1. The van der Waals surface area contributed by atoms with E-state index < -0.39 is 20.6 Å². The zero-order chi connectivity index (χ0) is 11.8. The summed E-state index contributed by atoms with van der Waals surface area (Å²) in [5.41, 5.74) is -0.659. The summed E-state index contributed by atoms with van der Waals surface area (Å²) < 4.78 is 30.6. The van der Waals surface area contributed by atoms with E-state index in [-0.39, 0.29) is 11.4 Å². The maximum Gasteiger partial charge on any atom is 0.300 e. The standard InChI is InChI=1S/C8H11NO5S/c1-3-5-4(2)6(15(12,13)14)8(11)9-7(5)10/h3H2,1-2H3,(H2,9,10,11)(H,12,13,14). The Morgan fingerprint density at radius 2 is 1.93 bits per heavy atom.